The second-order valence-electron chi connectivity index (χ2n) is 18.5. The molecule has 1 spiro atoms. The molecule has 4 heterocycles. The number of carbonyl (C=O) groups excluding carboxylic acids is 1. The monoisotopic (exact) mass is 780 g/mol. The van der Waals surface area contributed by atoms with E-state index in [0.717, 1.165) is 53.9 Å². The number of hydrogen-bond acceptors (Lipinski definition) is 10. The Labute approximate surface area is 328 Å². The number of carbonyl (C=O) groups is 1. The Kier molecular flexibility index (Phi) is 11.3. The molecular formula is C41H61ClN6O5Si. The number of aryl methyl sites for hydroxylation is 2. The van der Waals surface area contributed by atoms with Crippen LogP contribution in [0.4, 0.5) is 10.6 Å². The Morgan fingerprint density at radius 1 is 1.07 bits per heavy atom. The lowest BCUT2D eigenvalue weighted by molar-refractivity contribution is 0.0172. The van der Waals surface area contributed by atoms with Crippen LogP contribution in [0.3, 0.4) is 0 Å². The molecule has 2 unspecified atom stereocenters. The van der Waals surface area contributed by atoms with E-state index in [-0.39, 0.29) is 17.1 Å². The van der Waals surface area contributed by atoms with Crippen LogP contribution in [0.1, 0.15) is 84.2 Å². The summed E-state index contributed by atoms with van der Waals surface area (Å²) in [6, 6.07) is 6.38. The normalized spacial score (nSPS) is 20.2. The van der Waals surface area contributed by atoms with E-state index in [1.807, 2.05) is 52.8 Å². The molecule has 1 aliphatic carbocycles. The van der Waals surface area contributed by atoms with E-state index in [0.29, 0.717) is 34.5 Å². The van der Waals surface area contributed by atoms with E-state index in [4.69, 9.17) is 40.0 Å². The van der Waals surface area contributed by atoms with Gasteiger partial charge in [0.2, 0.25) is 0 Å². The van der Waals surface area contributed by atoms with Gasteiger partial charge in [0.25, 0.3) is 0 Å². The van der Waals surface area contributed by atoms with Gasteiger partial charge in [0.05, 0.1) is 34.6 Å². The number of anilines is 1. The number of halogens is 1. The van der Waals surface area contributed by atoms with Crippen molar-refractivity contribution < 1.29 is 23.2 Å². The summed E-state index contributed by atoms with van der Waals surface area (Å²) in [5.74, 6) is 2.76. The molecule has 13 heteroatoms. The quantitative estimate of drug-likeness (QED) is 0.175. The maximum absolute atomic E-state index is 13.0. The first kappa shape index (κ1) is 40.5. The number of likely N-dealkylation sites (tertiary alicyclic amines) is 1. The molecule has 11 nitrogen and oxygen atoms in total. The number of amides is 1. The number of aromatic nitrogens is 3. The van der Waals surface area contributed by atoms with Gasteiger partial charge < -0.3 is 28.2 Å². The van der Waals surface area contributed by atoms with Crippen molar-refractivity contribution >= 4 is 31.8 Å². The van der Waals surface area contributed by atoms with Gasteiger partial charge in [-0.05, 0) is 110 Å². The van der Waals surface area contributed by atoms with Crippen LogP contribution in [-0.2, 0) is 9.16 Å². The SMILES string of the molecule is Cc1noc(C)c1-c1nc(-c2cc(OCC(CN(C)C(=O)OC(C)(C)C)O[Si](C)(C)C(C)(C)C)ccc2Cl)nc(N2CCC3(CCN(C4CC4)C3)C2)c1C. The van der Waals surface area contributed by atoms with Crippen molar-refractivity contribution in [2.24, 2.45) is 5.41 Å². The van der Waals surface area contributed by atoms with Gasteiger partial charge >= 0.3 is 6.09 Å². The molecule has 54 heavy (non-hydrogen) atoms. The zero-order valence-corrected chi connectivity index (χ0v) is 36.3. The van der Waals surface area contributed by atoms with Crippen LogP contribution in [0.5, 0.6) is 5.75 Å². The fourth-order valence-electron chi connectivity index (χ4n) is 7.56. The first-order valence-electron chi connectivity index (χ1n) is 19.5. The number of rotatable bonds is 11. The third-order valence-electron chi connectivity index (χ3n) is 11.7. The van der Waals surface area contributed by atoms with Crippen molar-refractivity contribution in [3.63, 3.8) is 0 Å². The van der Waals surface area contributed by atoms with Gasteiger partial charge in [-0.25, -0.2) is 14.8 Å². The first-order valence-corrected chi connectivity index (χ1v) is 22.8. The van der Waals surface area contributed by atoms with Gasteiger partial charge in [-0.2, -0.15) is 0 Å². The van der Waals surface area contributed by atoms with Crippen LogP contribution in [-0.4, -0.2) is 103 Å². The molecule has 3 aromatic rings. The van der Waals surface area contributed by atoms with Crippen LogP contribution in [0, 0.1) is 26.2 Å². The van der Waals surface area contributed by atoms with Crippen molar-refractivity contribution in [2.45, 2.75) is 124 Å². The van der Waals surface area contributed by atoms with Crippen LogP contribution in [0.15, 0.2) is 22.7 Å². The molecule has 6 rings (SSSR count). The summed E-state index contributed by atoms with van der Waals surface area (Å²) in [5, 5.41) is 4.76. The smallest absolute Gasteiger partial charge is 0.410 e. The summed E-state index contributed by atoms with van der Waals surface area (Å²) in [7, 11) is -0.499. The van der Waals surface area contributed by atoms with Crippen molar-refractivity contribution in [2.75, 3.05) is 51.3 Å². The average molecular weight is 782 g/mol. The minimum Gasteiger partial charge on any atom is -0.491 e. The Morgan fingerprint density at radius 2 is 1.78 bits per heavy atom. The second kappa shape index (κ2) is 15.0. The summed E-state index contributed by atoms with van der Waals surface area (Å²) in [6.07, 6.45) is 4.26. The van der Waals surface area contributed by atoms with E-state index in [1.165, 1.54) is 32.4 Å². The Bertz CT molecular complexity index is 1830. The fourth-order valence-corrected chi connectivity index (χ4v) is 9.09. The maximum atomic E-state index is 13.0. The Balaban J connectivity index is 1.30. The highest BCUT2D eigenvalue weighted by molar-refractivity contribution is 6.74. The number of hydrogen-bond donors (Lipinski definition) is 0. The highest BCUT2D eigenvalue weighted by Gasteiger charge is 2.47. The largest absolute Gasteiger partial charge is 0.491 e. The number of nitrogens with zero attached hydrogens (tertiary/aromatic N) is 6. The third-order valence-corrected chi connectivity index (χ3v) is 16.6. The average Bonchev–Trinajstić information content (AvgIpc) is 3.59. The molecule has 1 saturated carbocycles. The van der Waals surface area contributed by atoms with Gasteiger partial charge in [0, 0.05) is 49.3 Å². The van der Waals surface area contributed by atoms with E-state index in [1.54, 1.807) is 11.9 Å². The number of ether oxygens (including phenoxy) is 2. The highest BCUT2D eigenvalue weighted by Crippen LogP contribution is 2.46. The molecule has 0 bridgehead atoms. The molecule has 2 saturated heterocycles. The molecule has 3 aliphatic rings. The van der Waals surface area contributed by atoms with Gasteiger partial charge in [0.1, 0.15) is 29.5 Å². The summed E-state index contributed by atoms with van der Waals surface area (Å²) >= 11 is 6.97. The lowest BCUT2D eigenvalue weighted by Crippen LogP contribution is -2.49. The van der Waals surface area contributed by atoms with Crippen LogP contribution in [0.2, 0.25) is 23.2 Å². The number of benzene rings is 1. The minimum absolute atomic E-state index is 0.0358. The fraction of sp³-hybridized carbons (Fsp3) is 0.659. The van der Waals surface area contributed by atoms with Crippen LogP contribution < -0.4 is 9.64 Å². The van der Waals surface area contributed by atoms with E-state index in [9.17, 15) is 4.79 Å². The Morgan fingerprint density at radius 3 is 2.41 bits per heavy atom. The van der Waals surface area contributed by atoms with E-state index >= 15 is 0 Å². The number of likely N-dealkylation sites (N-methyl/N-ethyl adjacent to an activating group) is 1. The maximum Gasteiger partial charge on any atom is 0.410 e. The lowest BCUT2D eigenvalue weighted by atomic mass is 9.86. The molecule has 0 N–H and O–H groups in total. The zero-order chi connectivity index (χ0) is 39.4. The van der Waals surface area contributed by atoms with Crippen molar-refractivity contribution in [1.29, 1.82) is 0 Å². The molecule has 2 aromatic heterocycles. The van der Waals surface area contributed by atoms with E-state index in [2.05, 4.69) is 55.7 Å². The molecule has 0 radical (unpaired) electrons. The van der Waals surface area contributed by atoms with Gasteiger partial charge in [-0.15, -0.1) is 0 Å². The topological polar surface area (TPSA) is 106 Å². The predicted molar refractivity (Wildman–Crippen MR) is 217 cm³/mol. The highest BCUT2D eigenvalue weighted by atomic mass is 35.5. The molecule has 296 valence electrons. The van der Waals surface area contributed by atoms with Crippen molar-refractivity contribution in [3.05, 3.63) is 40.2 Å². The molecule has 1 aromatic carbocycles. The Hall–Kier alpha value is -3.19. The van der Waals surface area contributed by atoms with Crippen molar-refractivity contribution in [3.8, 4) is 28.4 Å². The molecule has 1 amide bonds. The van der Waals surface area contributed by atoms with Gasteiger partial charge in [0.15, 0.2) is 14.1 Å². The molecule has 2 aliphatic heterocycles. The molecule has 2 atom stereocenters. The van der Waals surface area contributed by atoms with Crippen LogP contribution in [0.25, 0.3) is 22.6 Å². The minimum atomic E-state index is -2.23. The predicted octanol–water partition coefficient (Wildman–Crippen LogP) is 9.08. The third kappa shape index (κ3) is 8.92. The second-order valence-corrected chi connectivity index (χ2v) is 23.6. The van der Waals surface area contributed by atoms with Gasteiger partial charge in [-0.3, -0.25) is 4.90 Å². The van der Waals surface area contributed by atoms with Gasteiger partial charge in [-0.1, -0.05) is 37.5 Å². The summed E-state index contributed by atoms with van der Waals surface area (Å²) in [4.78, 5) is 30.1. The molecular weight excluding hydrogens is 720 g/mol. The van der Waals surface area contributed by atoms with Crippen molar-refractivity contribution in [1.82, 2.24) is 24.9 Å². The lowest BCUT2D eigenvalue weighted by Gasteiger charge is -2.40. The van der Waals surface area contributed by atoms with E-state index < -0.39 is 26.1 Å². The standard InChI is InChI=1S/C41H61ClN6O5Si/c1-26-35(34-27(2)45-52-28(34)3)43-36(44-37(26)48-20-18-41(25-48)17-19-47(24-41)29-13-14-29)32-21-30(15-16-33(32)42)50-23-31(53-54(11,12)40(7,8)9)22-46(10)38(49)51-39(4,5)6/h15-16,21,29,31H,13-14,17-20,22-25H2,1-12H3. The molecule has 3 fully saturated rings. The summed E-state index contributed by atoms with van der Waals surface area (Å²) in [5.41, 5.74) is 3.83. The summed E-state index contributed by atoms with van der Waals surface area (Å²) in [6.45, 7) is 27.4. The summed E-state index contributed by atoms with van der Waals surface area (Å²) < 4.78 is 24.6. The zero-order valence-electron chi connectivity index (χ0n) is 34.6. The first-order chi connectivity index (χ1) is 25.2. The van der Waals surface area contributed by atoms with Crippen LogP contribution >= 0.6 is 11.6 Å².